The average Bonchev–Trinajstić information content (AvgIpc) is 2.84. The predicted octanol–water partition coefficient (Wildman–Crippen LogP) is 8.56. The van der Waals surface area contributed by atoms with Gasteiger partial charge in [-0.3, -0.25) is 9.11 Å². The lowest BCUT2D eigenvalue weighted by atomic mass is 10.1. The third-order valence-corrected chi connectivity index (χ3v) is 6.33. The molecule has 0 aromatic heterocycles. The minimum absolute atomic E-state index is 0.139. The number of hydrogen-bond donors (Lipinski definition) is 3. The Hall–Kier alpha value is -0.250. The zero-order valence-electron chi connectivity index (χ0n) is 25.3. The van der Waals surface area contributed by atoms with Crippen molar-refractivity contribution < 1.29 is 27.0 Å². The fourth-order valence-electron chi connectivity index (χ4n) is 3.57. The lowest BCUT2D eigenvalue weighted by Crippen LogP contribution is -2.32. The first-order valence-electron chi connectivity index (χ1n) is 15.1. The first kappa shape index (κ1) is 41.2. The van der Waals surface area contributed by atoms with Crippen molar-refractivity contribution in [1.29, 1.82) is 0 Å². The van der Waals surface area contributed by atoms with Crippen LogP contribution in [-0.2, 0) is 19.9 Å². The maximum Gasteiger partial charge on any atom is 0.394 e. The summed E-state index contributed by atoms with van der Waals surface area (Å²) < 4.78 is 42.3. The predicted molar refractivity (Wildman–Crippen MR) is 159 cm³/mol. The minimum Gasteiger partial charge on any atom is -0.381 e. The molecule has 228 valence electrons. The van der Waals surface area contributed by atoms with Crippen LogP contribution in [-0.4, -0.2) is 50.0 Å². The van der Waals surface area contributed by atoms with Crippen molar-refractivity contribution in [2.24, 2.45) is 5.73 Å². The van der Waals surface area contributed by atoms with Crippen LogP contribution in [0, 0.1) is 0 Å². The summed E-state index contributed by atoms with van der Waals surface area (Å²) >= 11 is 0. The molecule has 0 aliphatic heterocycles. The minimum atomic E-state index is -4.67. The number of methoxy groups -OCH3 is 1. The summed E-state index contributed by atoms with van der Waals surface area (Å²) in [6.45, 7) is 11.0. The number of nitrogens with two attached hydrogens (primary N) is 1. The van der Waals surface area contributed by atoms with Crippen LogP contribution in [0.5, 0.6) is 0 Å². The Morgan fingerprint density at radius 1 is 0.595 bits per heavy atom. The number of hydrogen-bond acceptors (Lipinski definition) is 5. The van der Waals surface area contributed by atoms with Gasteiger partial charge in [-0.15, -0.1) is 0 Å². The normalized spacial score (nSPS) is 11.5. The smallest absolute Gasteiger partial charge is 0.381 e. The summed E-state index contributed by atoms with van der Waals surface area (Å²) in [5, 5.41) is 0. The highest BCUT2D eigenvalue weighted by Gasteiger charge is 2.11. The van der Waals surface area contributed by atoms with Gasteiger partial charge in [0, 0.05) is 26.9 Å². The van der Waals surface area contributed by atoms with Crippen LogP contribution in [0.3, 0.4) is 0 Å². The van der Waals surface area contributed by atoms with Gasteiger partial charge in [-0.05, 0) is 26.7 Å². The zero-order valence-corrected chi connectivity index (χ0v) is 26.1. The van der Waals surface area contributed by atoms with E-state index in [4.69, 9.17) is 32.7 Å². The van der Waals surface area contributed by atoms with Crippen LogP contribution in [0.4, 0.5) is 0 Å². The molecule has 8 heteroatoms. The second-order valence-electron chi connectivity index (χ2n) is 10.6. The third kappa shape index (κ3) is 52.9. The number of ether oxygens (including phenoxy) is 2. The number of unbranched alkanes of at least 4 members (excludes halogenated alkanes) is 18. The largest absolute Gasteiger partial charge is 0.394 e. The Balaban J connectivity index is -0.000000790. The van der Waals surface area contributed by atoms with Crippen LogP contribution < -0.4 is 5.73 Å². The molecule has 0 spiro atoms. The van der Waals surface area contributed by atoms with Crippen molar-refractivity contribution in [1.82, 2.24) is 0 Å². The van der Waals surface area contributed by atoms with Crippen molar-refractivity contribution >= 4 is 10.4 Å². The molecule has 0 rings (SSSR count). The van der Waals surface area contributed by atoms with Crippen LogP contribution >= 0.6 is 0 Å². The molecule has 0 aliphatic rings. The van der Waals surface area contributed by atoms with E-state index in [1.807, 2.05) is 13.8 Å². The van der Waals surface area contributed by atoms with E-state index < -0.39 is 10.4 Å². The van der Waals surface area contributed by atoms with Gasteiger partial charge >= 0.3 is 10.4 Å². The third-order valence-electron chi connectivity index (χ3n) is 6.33. The van der Waals surface area contributed by atoms with Gasteiger partial charge in [-0.1, -0.05) is 129 Å². The summed E-state index contributed by atoms with van der Waals surface area (Å²) in [6.07, 6.45) is 28.2. The molecule has 0 saturated carbocycles. The Kier molecular flexibility index (Phi) is 35.6. The van der Waals surface area contributed by atoms with Gasteiger partial charge in [0.05, 0.1) is 5.60 Å². The maximum atomic E-state index is 8.74. The molecule has 0 aromatic carbocycles. The lowest BCUT2D eigenvalue weighted by Gasteiger charge is -2.19. The van der Waals surface area contributed by atoms with Crippen LogP contribution in [0.2, 0.25) is 0 Å². The second kappa shape index (κ2) is 32.0. The van der Waals surface area contributed by atoms with E-state index in [2.05, 4.69) is 13.8 Å². The van der Waals surface area contributed by atoms with Crippen molar-refractivity contribution in [3.63, 3.8) is 0 Å². The van der Waals surface area contributed by atoms with Gasteiger partial charge < -0.3 is 15.2 Å². The first-order valence-corrected chi connectivity index (χ1v) is 16.5. The monoisotopic (exact) mass is 555 g/mol. The van der Waals surface area contributed by atoms with E-state index in [-0.39, 0.29) is 5.60 Å². The van der Waals surface area contributed by atoms with E-state index in [0.717, 1.165) is 13.2 Å². The fraction of sp³-hybridized carbons (Fsp3) is 1.00. The van der Waals surface area contributed by atoms with Gasteiger partial charge in [-0.25, -0.2) is 0 Å². The highest BCUT2D eigenvalue weighted by Crippen LogP contribution is 2.12. The first-order chi connectivity index (χ1) is 17.5. The Bertz CT molecular complexity index is 479. The fourth-order valence-corrected chi connectivity index (χ4v) is 3.57. The van der Waals surface area contributed by atoms with Gasteiger partial charge in [0.1, 0.15) is 0 Å². The van der Waals surface area contributed by atoms with Gasteiger partial charge in [-0.2, -0.15) is 8.42 Å². The van der Waals surface area contributed by atoms with Crippen LogP contribution in [0.15, 0.2) is 0 Å². The molecule has 7 nitrogen and oxygen atoms in total. The quantitative estimate of drug-likeness (QED) is 0.0806. The molecule has 0 aliphatic carbocycles. The molecule has 0 atom stereocenters. The molecular formula is C29H65NO6S. The zero-order chi connectivity index (χ0) is 28.7. The molecule has 0 saturated heterocycles. The molecule has 4 N–H and O–H groups in total. The lowest BCUT2D eigenvalue weighted by molar-refractivity contribution is 0.0307. The Labute approximate surface area is 231 Å². The SMILES string of the molecule is CCCCCCCCCCCCOCCCCCCCCCCCC.COC(C)(C)CN.O=S(=O)(O)O. The van der Waals surface area contributed by atoms with Crippen molar-refractivity contribution in [3.8, 4) is 0 Å². The highest BCUT2D eigenvalue weighted by atomic mass is 32.3. The van der Waals surface area contributed by atoms with E-state index >= 15 is 0 Å². The summed E-state index contributed by atoms with van der Waals surface area (Å²) in [4.78, 5) is 0. The Morgan fingerprint density at radius 3 is 1.03 bits per heavy atom. The van der Waals surface area contributed by atoms with E-state index in [0.29, 0.717) is 6.54 Å². The van der Waals surface area contributed by atoms with Crippen molar-refractivity contribution in [3.05, 3.63) is 0 Å². The average molecular weight is 556 g/mol. The second-order valence-corrected chi connectivity index (χ2v) is 11.5. The molecule has 0 amide bonds. The molecule has 0 aromatic rings. The summed E-state index contributed by atoms with van der Waals surface area (Å²) in [6, 6.07) is 0. The van der Waals surface area contributed by atoms with Crippen molar-refractivity contribution in [2.75, 3.05) is 26.9 Å². The standard InChI is InChI=1S/C24H50O.C5H13NO.H2O4S/c1-3-5-7-9-11-13-15-17-19-21-23-25-24-22-20-18-16-14-12-10-8-6-4-2;1-5(2,4-6)7-3;1-5(2,3)4/h3-24H2,1-2H3;4,6H2,1-3H3;(H2,1,2,3,4). The Morgan fingerprint density at radius 2 is 0.838 bits per heavy atom. The van der Waals surface area contributed by atoms with E-state index in [1.165, 1.54) is 128 Å². The topological polar surface area (TPSA) is 119 Å². The van der Waals surface area contributed by atoms with Crippen LogP contribution in [0.1, 0.15) is 156 Å². The molecule has 0 bridgehead atoms. The molecule has 0 heterocycles. The maximum absolute atomic E-state index is 8.74. The summed E-state index contributed by atoms with van der Waals surface area (Å²) in [5.74, 6) is 0. The van der Waals surface area contributed by atoms with Gasteiger partial charge in [0.25, 0.3) is 0 Å². The van der Waals surface area contributed by atoms with Gasteiger partial charge in [0.2, 0.25) is 0 Å². The van der Waals surface area contributed by atoms with Crippen molar-refractivity contribution in [2.45, 2.75) is 162 Å². The molecule has 0 unspecified atom stereocenters. The van der Waals surface area contributed by atoms with Crippen LogP contribution in [0.25, 0.3) is 0 Å². The molecule has 0 fully saturated rings. The van der Waals surface area contributed by atoms with E-state index in [9.17, 15) is 0 Å². The van der Waals surface area contributed by atoms with Gasteiger partial charge in [0.15, 0.2) is 0 Å². The molecule has 0 radical (unpaired) electrons. The molecule has 37 heavy (non-hydrogen) atoms. The summed E-state index contributed by atoms with van der Waals surface area (Å²) in [5.41, 5.74) is 5.15. The number of rotatable bonds is 24. The summed E-state index contributed by atoms with van der Waals surface area (Å²) in [7, 11) is -3.01. The molecular weight excluding hydrogens is 490 g/mol. The van der Waals surface area contributed by atoms with E-state index in [1.54, 1.807) is 7.11 Å². The highest BCUT2D eigenvalue weighted by molar-refractivity contribution is 7.79.